The smallest absolute Gasteiger partial charge is 0.253 e. The summed E-state index contributed by atoms with van der Waals surface area (Å²) < 4.78 is 11.0. The lowest BCUT2D eigenvalue weighted by Crippen LogP contribution is -2.46. The topological polar surface area (TPSA) is 66.4 Å². The van der Waals surface area contributed by atoms with Crippen LogP contribution in [-0.2, 0) is 16.0 Å². The van der Waals surface area contributed by atoms with E-state index in [-0.39, 0.29) is 5.91 Å². The van der Waals surface area contributed by atoms with Gasteiger partial charge in [-0.2, -0.15) is 0 Å². The zero-order valence-corrected chi connectivity index (χ0v) is 19.1. The van der Waals surface area contributed by atoms with Crippen molar-refractivity contribution in [2.75, 3.05) is 53.6 Å². The highest BCUT2D eigenvalue weighted by Crippen LogP contribution is 2.16. The number of carbonyl (C=O) groups is 1. The van der Waals surface area contributed by atoms with Crippen molar-refractivity contribution in [1.82, 2.24) is 15.1 Å². The highest BCUT2D eigenvalue weighted by atomic mass is 16.5. The first-order valence-electron chi connectivity index (χ1n) is 11.7. The predicted molar refractivity (Wildman–Crippen MR) is 123 cm³/mol. The summed E-state index contributed by atoms with van der Waals surface area (Å²) in [6.07, 6.45) is 6.77. The molecule has 1 N–H and O–H groups in total. The fourth-order valence-corrected chi connectivity index (χ4v) is 4.25. The zero-order chi connectivity index (χ0) is 21.9. The van der Waals surface area contributed by atoms with Crippen LogP contribution in [0.15, 0.2) is 29.3 Å². The molecular weight excluding hydrogens is 392 g/mol. The second-order valence-electron chi connectivity index (χ2n) is 8.35. The Bertz CT molecular complexity index is 693. The van der Waals surface area contributed by atoms with Gasteiger partial charge in [-0.05, 0) is 56.2 Å². The van der Waals surface area contributed by atoms with Gasteiger partial charge < -0.3 is 24.6 Å². The van der Waals surface area contributed by atoms with Crippen molar-refractivity contribution in [3.63, 3.8) is 0 Å². The van der Waals surface area contributed by atoms with Crippen LogP contribution >= 0.6 is 0 Å². The van der Waals surface area contributed by atoms with Gasteiger partial charge in [0.05, 0.1) is 6.10 Å². The second-order valence-corrected chi connectivity index (χ2v) is 8.35. The van der Waals surface area contributed by atoms with Crippen molar-refractivity contribution < 1.29 is 14.3 Å². The number of ether oxygens (including phenoxy) is 2. The molecule has 0 radical (unpaired) electrons. The third kappa shape index (κ3) is 7.21. The van der Waals surface area contributed by atoms with Gasteiger partial charge in [0.1, 0.15) is 0 Å². The lowest BCUT2D eigenvalue weighted by molar-refractivity contribution is 0.00989. The fourth-order valence-electron chi connectivity index (χ4n) is 4.25. The standard InChI is InChI=1S/C24H38N4O3/c1-25-24(28-15-11-22(12-16-28)31-18-6-17-30-2)26-19-20-7-9-21(10-8-20)23(29)27-13-4-3-5-14-27/h7-10,22H,3-6,11-19H2,1-2H3,(H,25,26). The lowest BCUT2D eigenvalue weighted by Gasteiger charge is -2.34. The Morgan fingerprint density at radius 2 is 1.74 bits per heavy atom. The summed E-state index contributed by atoms with van der Waals surface area (Å²) in [7, 11) is 3.55. The van der Waals surface area contributed by atoms with E-state index in [1.165, 1.54) is 6.42 Å². The molecule has 2 aliphatic heterocycles. The SMILES string of the molecule is CN=C(NCc1ccc(C(=O)N2CCCCC2)cc1)N1CCC(OCCCOC)CC1. The van der Waals surface area contributed by atoms with Crippen LogP contribution in [0, 0.1) is 0 Å². The Balaban J connectivity index is 1.42. The first-order chi connectivity index (χ1) is 15.2. The highest BCUT2D eigenvalue weighted by molar-refractivity contribution is 5.94. The Morgan fingerprint density at radius 1 is 1.03 bits per heavy atom. The molecule has 0 spiro atoms. The van der Waals surface area contributed by atoms with E-state index < -0.39 is 0 Å². The van der Waals surface area contributed by atoms with E-state index in [0.29, 0.717) is 12.6 Å². The Morgan fingerprint density at radius 3 is 2.39 bits per heavy atom. The summed E-state index contributed by atoms with van der Waals surface area (Å²) in [4.78, 5) is 21.4. The van der Waals surface area contributed by atoms with E-state index in [2.05, 4.69) is 15.2 Å². The minimum atomic E-state index is 0.155. The van der Waals surface area contributed by atoms with E-state index in [9.17, 15) is 4.79 Å². The highest BCUT2D eigenvalue weighted by Gasteiger charge is 2.22. The Labute approximate surface area is 186 Å². The number of benzene rings is 1. The molecule has 2 fully saturated rings. The molecule has 0 aliphatic carbocycles. The first kappa shape index (κ1) is 23.5. The van der Waals surface area contributed by atoms with E-state index in [4.69, 9.17) is 9.47 Å². The van der Waals surface area contributed by atoms with Gasteiger partial charge in [0, 0.05) is 65.7 Å². The number of likely N-dealkylation sites (tertiary alicyclic amines) is 2. The molecule has 0 saturated carbocycles. The van der Waals surface area contributed by atoms with Crippen molar-refractivity contribution in [2.24, 2.45) is 4.99 Å². The van der Waals surface area contributed by atoms with Gasteiger partial charge in [-0.25, -0.2) is 0 Å². The molecule has 1 aromatic carbocycles. The van der Waals surface area contributed by atoms with E-state index in [1.807, 2.05) is 36.2 Å². The van der Waals surface area contributed by atoms with E-state index >= 15 is 0 Å². The Hall–Kier alpha value is -2.12. The minimum Gasteiger partial charge on any atom is -0.385 e. The van der Waals surface area contributed by atoms with Crippen LogP contribution in [-0.4, -0.2) is 81.3 Å². The fraction of sp³-hybridized carbons (Fsp3) is 0.667. The molecule has 172 valence electrons. The normalized spacial score (nSPS) is 18.3. The maximum absolute atomic E-state index is 12.6. The molecule has 2 saturated heterocycles. The molecule has 2 heterocycles. The summed E-state index contributed by atoms with van der Waals surface area (Å²) in [6.45, 7) is 5.86. The van der Waals surface area contributed by atoms with Crippen LogP contribution in [0.1, 0.15) is 54.4 Å². The molecule has 0 aromatic heterocycles. The van der Waals surface area contributed by atoms with Gasteiger partial charge in [-0.15, -0.1) is 0 Å². The largest absolute Gasteiger partial charge is 0.385 e. The molecule has 0 atom stereocenters. The number of nitrogens with one attached hydrogen (secondary N) is 1. The number of amides is 1. The van der Waals surface area contributed by atoms with Crippen LogP contribution in [0.3, 0.4) is 0 Å². The molecule has 7 heteroatoms. The van der Waals surface area contributed by atoms with Crippen molar-refractivity contribution >= 4 is 11.9 Å². The molecule has 0 unspecified atom stereocenters. The molecular formula is C24H38N4O3. The number of guanidine groups is 1. The van der Waals surface area contributed by atoms with Crippen LogP contribution < -0.4 is 5.32 Å². The van der Waals surface area contributed by atoms with Crippen LogP contribution in [0.2, 0.25) is 0 Å². The van der Waals surface area contributed by atoms with Gasteiger partial charge in [0.15, 0.2) is 5.96 Å². The first-order valence-corrected chi connectivity index (χ1v) is 11.7. The molecule has 3 rings (SSSR count). The van der Waals surface area contributed by atoms with Crippen LogP contribution in [0.5, 0.6) is 0 Å². The van der Waals surface area contributed by atoms with E-state index in [1.54, 1.807) is 7.11 Å². The molecule has 0 bridgehead atoms. The average Bonchev–Trinajstić information content (AvgIpc) is 2.83. The predicted octanol–water partition coefficient (Wildman–Crippen LogP) is 2.91. The molecule has 7 nitrogen and oxygen atoms in total. The quantitative estimate of drug-likeness (QED) is 0.390. The number of rotatable bonds is 8. The summed E-state index contributed by atoms with van der Waals surface area (Å²) in [5.41, 5.74) is 1.93. The summed E-state index contributed by atoms with van der Waals surface area (Å²) in [6, 6.07) is 7.97. The van der Waals surface area contributed by atoms with Crippen molar-refractivity contribution in [3.8, 4) is 0 Å². The van der Waals surface area contributed by atoms with Crippen molar-refractivity contribution in [2.45, 2.75) is 51.2 Å². The lowest BCUT2D eigenvalue weighted by atomic mass is 10.1. The third-order valence-electron chi connectivity index (χ3n) is 6.09. The van der Waals surface area contributed by atoms with E-state index in [0.717, 1.165) is 88.6 Å². The van der Waals surface area contributed by atoms with Gasteiger partial charge in [-0.1, -0.05) is 12.1 Å². The molecule has 1 aromatic rings. The second kappa shape index (κ2) is 12.7. The van der Waals surface area contributed by atoms with Gasteiger partial charge in [-0.3, -0.25) is 9.79 Å². The maximum atomic E-state index is 12.6. The molecule has 31 heavy (non-hydrogen) atoms. The molecule has 2 aliphatic rings. The van der Waals surface area contributed by atoms with Crippen molar-refractivity contribution in [3.05, 3.63) is 35.4 Å². The zero-order valence-electron chi connectivity index (χ0n) is 19.1. The van der Waals surface area contributed by atoms with Crippen LogP contribution in [0.4, 0.5) is 0 Å². The number of hydrogen-bond acceptors (Lipinski definition) is 4. The average molecular weight is 431 g/mol. The molecule has 1 amide bonds. The number of aliphatic imine (C=N–C) groups is 1. The summed E-state index contributed by atoms with van der Waals surface area (Å²) in [5, 5.41) is 3.47. The minimum absolute atomic E-state index is 0.155. The van der Waals surface area contributed by atoms with Gasteiger partial charge in [0.2, 0.25) is 0 Å². The van der Waals surface area contributed by atoms with Crippen molar-refractivity contribution in [1.29, 1.82) is 0 Å². The summed E-state index contributed by atoms with van der Waals surface area (Å²) in [5.74, 6) is 1.08. The number of nitrogens with zero attached hydrogens (tertiary/aromatic N) is 3. The Kier molecular flexibility index (Phi) is 9.62. The maximum Gasteiger partial charge on any atom is 0.253 e. The summed E-state index contributed by atoms with van der Waals surface area (Å²) >= 11 is 0. The third-order valence-corrected chi connectivity index (χ3v) is 6.09. The van der Waals surface area contributed by atoms with Crippen LogP contribution in [0.25, 0.3) is 0 Å². The van der Waals surface area contributed by atoms with Gasteiger partial charge in [0.25, 0.3) is 5.91 Å². The number of methoxy groups -OCH3 is 1. The number of carbonyl (C=O) groups excluding carboxylic acids is 1. The number of piperidine rings is 2. The number of hydrogen-bond donors (Lipinski definition) is 1. The van der Waals surface area contributed by atoms with Gasteiger partial charge >= 0.3 is 0 Å². The monoisotopic (exact) mass is 430 g/mol.